The Labute approximate surface area is 146 Å². The molecule has 3 aromatic rings. The Morgan fingerprint density at radius 1 is 1.32 bits per heavy atom. The molecular weight excluding hydrogens is 318 g/mol. The first-order valence-corrected chi connectivity index (χ1v) is 8.43. The van der Waals surface area contributed by atoms with Crippen LogP contribution in [0.25, 0.3) is 0 Å². The maximum atomic E-state index is 5.89. The Kier molecular flexibility index (Phi) is 4.47. The van der Waals surface area contributed by atoms with Crippen molar-refractivity contribution in [2.24, 2.45) is 5.92 Å². The number of fused-ring (bicyclic) bond motifs is 1. The zero-order valence-electron chi connectivity index (χ0n) is 14.2. The van der Waals surface area contributed by atoms with Crippen molar-refractivity contribution in [3.05, 3.63) is 60.1 Å². The van der Waals surface area contributed by atoms with Gasteiger partial charge in [-0.2, -0.15) is 0 Å². The summed E-state index contributed by atoms with van der Waals surface area (Å²) in [7, 11) is 0. The minimum absolute atomic E-state index is 0.338. The summed E-state index contributed by atoms with van der Waals surface area (Å²) in [5, 5.41) is 4.12. The predicted octanol–water partition coefficient (Wildman–Crippen LogP) is 2.29. The van der Waals surface area contributed by atoms with Crippen LogP contribution in [-0.4, -0.2) is 37.7 Å². The molecule has 7 heteroatoms. The van der Waals surface area contributed by atoms with Gasteiger partial charge in [-0.15, -0.1) is 0 Å². The van der Waals surface area contributed by atoms with Crippen molar-refractivity contribution in [2.45, 2.75) is 26.6 Å². The first-order chi connectivity index (χ1) is 12.3. The molecule has 0 bridgehead atoms. The smallest absolute Gasteiger partial charge is 0.213 e. The fourth-order valence-electron chi connectivity index (χ4n) is 3.22. The summed E-state index contributed by atoms with van der Waals surface area (Å²) in [6, 6.07) is 7.69. The van der Waals surface area contributed by atoms with Crippen LogP contribution in [0.4, 0.5) is 0 Å². The number of ether oxygens (including phenoxy) is 1. The van der Waals surface area contributed by atoms with E-state index < -0.39 is 0 Å². The third-order valence-electron chi connectivity index (χ3n) is 4.32. The van der Waals surface area contributed by atoms with Crippen molar-refractivity contribution in [3.63, 3.8) is 0 Å². The molecule has 0 aliphatic carbocycles. The third-order valence-corrected chi connectivity index (χ3v) is 4.32. The molecule has 0 radical (unpaired) electrons. The minimum Gasteiger partial charge on any atom is -0.477 e. The Morgan fingerprint density at radius 3 is 3.08 bits per heavy atom. The van der Waals surface area contributed by atoms with Crippen molar-refractivity contribution < 1.29 is 9.26 Å². The van der Waals surface area contributed by atoms with Gasteiger partial charge in [-0.25, -0.2) is 9.97 Å². The molecule has 4 rings (SSSR count). The standard InChI is InChI=1S/C18H21N5O2/c1-14-6-16(21-25-14)10-22-8-15(9-23-13-19-7-17(23)11-22)12-24-18-4-2-3-5-20-18/h2-7,13,15H,8-12H2,1H3/t15-/m0/s1. The van der Waals surface area contributed by atoms with Crippen LogP contribution in [0.3, 0.4) is 0 Å². The fourth-order valence-corrected chi connectivity index (χ4v) is 3.22. The Balaban J connectivity index is 1.47. The highest BCUT2D eigenvalue weighted by Gasteiger charge is 2.23. The van der Waals surface area contributed by atoms with Gasteiger partial charge in [0, 0.05) is 56.6 Å². The summed E-state index contributed by atoms with van der Waals surface area (Å²) < 4.78 is 13.3. The van der Waals surface area contributed by atoms with E-state index in [1.54, 1.807) is 6.20 Å². The van der Waals surface area contributed by atoms with E-state index in [4.69, 9.17) is 9.26 Å². The Morgan fingerprint density at radius 2 is 2.28 bits per heavy atom. The van der Waals surface area contributed by atoms with Crippen LogP contribution in [0.15, 0.2) is 47.5 Å². The number of aromatic nitrogens is 4. The number of aryl methyl sites for hydroxylation is 1. The van der Waals surface area contributed by atoms with E-state index in [-0.39, 0.29) is 0 Å². The average molecular weight is 339 g/mol. The van der Waals surface area contributed by atoms with E-state index in [1.165, 1.54) is 5.69 Å². The zero-order chi connectivity index (χ0) is 17.1. The third kappa shape index (κ3) is 3.88. The van der Waals surface area contributed by atoms with E-state index in [2.05, 4.69) is 24.6 Å². The van der Waals surface area contributed by atoms with Crippen LogP contribution in [0.5, 0.6) is 5.88 Å². The zero-order valence-corrected chi connectivity index (χ0v) is 14.2. The predicted molar refractivity (Wildman–Crippen MR) is 90.8 cm³/mol. The van der Waals surface area contributed by atoms with E-state index in [0.717, 1.165) is 37.6 Å². The van der Waals surface area contributed by atoms with Gasteiger partial charge in [0.1, 0.15) is 5.76 Å². The molecule has 1 atom stereocenters. The molecule has 0 amide bonds. The van der Waals surface area contributed by atoms with Gasteiger partial charge in [0.15, 0.2) is 0 Å². The molecule has 4 heterocycles. The monoisotopic (exact) mass is 339 g/mol. The molecular formula is C18H21N5O2. The molecule has 3 aromatic heterocycles. The second kappa shape index (κ2) is 7.06. The van der Waals surface area contributed by atoms with Crippen molar-refractivity contribution in [1.82, 2.24) is 24.6 Å². The van der Waals surface area contributed by atoms with Gasteiger partial charge in [0.25, 0.3) is 0 Å². The molecule has 0 unspecified atom stereocenters. The highest BCUT2D eigenvalue weighted by atomic mass is 16.5. The second-order valence-electron chi connectivity index (χ2n) is 6.48. The van der Waals surface area contributed by atoms with Gasteiger partial charge in [0.2, 0.25) is 5.88 Å². The van der Waals surface area contributed by atoms with E-state index in [0.29, 0.717) is 18.4 Å². The molecule has 1 aliphatic rings. The molecule has 7 nitrogen and oxygen atoms in total. The number of hydrogen-bond acceptors (Lipinski definition) is 6. The van der Waals surface area contributed by atoms with Crippen molar-refractivity contribution in [2.75, 3.05) is 13.2 Å². The second-order valence-corrected chi connectivity index (χ2v) is 6.48. The summed E-state index contributed by atoms with van der Waals surface area (Å²) in [4.78, 5) is 10.9. The first-order valence-electron chi connectivity index (χ1n) is 8.43. The molecule has 0 fully saturated rings. The lowest BCUT2D eigenvalue weighted by Gasteiger charge is -2.22. The maximum Gasteiger partial charge on any atom is 0.213 e. The van der Waals surface area contributed by atoms with E-state index in [9.17, 15) is 0 Å². The number of nitrogens with zero attached hydrogens (tertiary/aromatic N) is 5. The van der Waals surface area contributed by atoms with Crippen LogP contribution in [0, 0.1) is 12.8 Å². The van der Waals surface area contributed by atoms with Crippen molar-refractivity contribution in [1.29, 1.82) is 0 Å². The number of rotatable bonds is 5. The summed E-state index contributed by atoms with van der Waals surface area (Å²) in [5.74, 6) is 1.84. The first kappa shape index (κ1) is 15.8. The molecule has 0 saturated heterocycles. The molecule has 25 heavy (non-hydrogen) atoms. The van der Waals surface area contributed by atoms with Crippen LogP contribution in [-0.2, 0) is 19.6 Å². The largest absolute Gasteiger partial charge is 0.477 e. The highest BCUT2D eigenvalue weighted by molar-refractivity contribution is 5.09. The Hall–Kier alpha value is -2.67. The topological polar surface area (TPSA) is 69.2 Å². The van der Waals surface area contributed by atoms with Crippen LogP contribution >= 0.6 is 0 Å². The lowest BCUT2D eigenvalue weighted by Crippen LogP contribution is -2.30. The van der Waals surface area contributed by atoms with Crippen LogP contribution in [0.1, 0.15) is 17.1 Å². The van der Waals surface area contributed by atoms with Gasteiger partial charge in [-0.05, 0) is 13.0 Å². The Bertz CT molecular complexity index is 814. The lowest BCUT2D eigenvalue weighted by atomic mass is 10.1. The van der Waals surface area contributed by atoms with E-state index in [1.807, 2.05) is 43.7 Å². The van der Waals surface area contributed by atoms with Crippen LogP contribution < -0.4 is 4.74 Å². The quantitative estimate of drug-likeness (QED) is 0.710. The van der Waals surface area contributed by atoms with Gasteiger partial charge in [-0.1, -0.05) is 11.2 Å². The molecule has 0 N–H and O–H groups in total. The lowest BCUT2D eigenvalue weighted by molar-refractivity contribution is 0.162. The van der Waals surface area contributed by atoms with Gasteiger partial charge in [0.05, 0.1) is 24.3 Å². The highest BCUT2D eigenvalue weighted by Crippen LogP contribution is 2.19. The number of pyridine rings is 1. The van der Waals surface area contributed by atoms with Crippen molar-refractivity contribution >= 4 is 0 Å². The minimum atomic E-state index is 0.338. The van der Waals surface area contributed by atoms with Crippen LogP contribution in [0.2, 0.25) is 0 Å². The van der Waals surface area contributed by atoms with Gasteiger partial charge < -0.3 is 13.8 Å². The van der Waals surface area contributed by atoms with Gasteiger partial charge in [-0.3, -0.25) is 4.90 Å². The molecule has 0 spiro atoms. The average Bonchev–Trinajstić information content (AvgIpc) is 3.19. The summed E-state index contributed by atoms with van der Waals surface area (Å²) >= 11 is 0. The molecule has 1 aliphatic heterocycles. The molecule has 130 valence electrons. The normalized spacial score (nSPS) is 17.9. The fraction of sp³-hybridized carbons (Fsp3) is 0.389. The van der Waals surface area contributed by atoms with Crippen molar-refractivity contribution in [3.8, 4) is 5.88 Å². The summed E-state index contributed by atoms with van der Waals surface area (Å²) in [5.41, 5.74) is 2.16. The summed E-state index contributed by atoms with van der Waals surface area (Å²) in [6.45, 7) is 5.92. The van der Waals surface area contributed by atoms with E-state index >= 15 is 0 Å². The SMILES string of the molecule is Cc1cc(CN2Cc3cncn3C[C@@H](COc3ccccn3)C2)no1. The molecule has 0 saturated carbocycles. The molecule has 0 aromatic carbocycles. The summed E-state index contributed by atoms with van der Waals surface area (Å²) in [6.07, 6.45) is 5.57. The number of hydrogen-bond donors (Lipinski definition) is 0. The van der Waals surface area contributed by atoms with Gasteiger partial charge >= 0.3 is 0 Å². The maximum absolute atomic E-state index is 5.89. The number of imidazole rings is 1.